The number of hydrogen-bond donors (Lipinski definition) is 1. The van der Waals surface area contributed by atoms with Gasteiger partial charge >= 0.3 is 0 Å². The fourth-order valence-electron chi connectivity index (χ4n) is 2.28. The van der Waals surface area contributed by atoms with Gasteiger partial charge in [-0.3, -0.25) is 4.57 Å². The Balaban J connectivity index is 2.36. The number of nitrogens with zero attached hydrogens (tertiary/aromatic N) is 1. The van der Waals surface area contributed by atoms with Crippen LogP contribution in [0, 0.1) is 0 Å². The molecule has 0 aliphatic rings. The molecule has 2 aromatic carbocycles. The summed E-state index contributed by atoms with van der Waals surface area (Å²) in [5.74, 6) is -0.563. The summed E-state index contributed by atoms with van der Waals surface area (Å²) < 4.78 is 23.6. The van der Waals surface area contributed by atoms with E-state index in [1.807, 2.05) is 31.1 Å². The lowest BCUT2D eigenvalue weighted by atomic mass is 10.2. The van der Waals surface area contributed by atoms with E-state index in [1.165, 1.54) is 7.11 Å². The van der Waals surface area contributed by atoms with E-state index in [0.717, 1.165) is 5.69 Å². The third-order valence-corrected chi connectivity index (χ3v) is 6.24. The van der Waals surface area contributed by atoms with Gasteiger partial charge in [-0.1, -0.05) is 12.1 Å². The zero-order chi connectivity index (χ0) is 17.0. The summed E-state index contributed by atoms with van der Waals surface area (Å²) in [7, 11) is 3.33. The minimum Gasteiger partial charge on any atom is -0.497 e. The van der Waals surface area contributed by atoms with Gasteiger partial charge in [-0.25, -0.2) is 0 Å². The van der Waals surface area contributed by atoms with Crippen LogP contribution in [0.25, 0.3) is 0 Å². The largest absolute Gasteiger partial charge is 0.497 e. The molecule has 124 valence electrons. The highest BCUT2D eigenvalue weighted by Gasteiger charge is 2.35. The van der Waals surface area contributed by atoms with E-state index < -0.39 is 13.2 Å². The van der Waals surface area contributed by atoms with Crippen molar-refractivity contribution < 1.29 is 18.9 Å². The van der Waals surface area contributed by atoms with Crippen molar-refractivity contribution in [3.05, 3.63) is 54.1 Å². The Morgan fingerprint density at radius 1 is 1.00 bits per heavy atom. The lowest BCUT2D eigenvalue weighted by Crippen LogP contribution is -2.15. The molecular weight excluding hydrogens is 313 g/mol. The maximum Gasteiger partial charge on any atom is 0.263 e. The van der Waals surface area contributed by atoms with Crippen molar-refractivity contribution in [2.75, 3.05) is 33.2 Å². The van der Waals surface area contributed by atoms with Crippen molar-refractivity contribution in [1.29, 1.82) is 0 Å². The normalized spacial score (nSPS) is 14.8. The Morgan fingerprint density at radius 3 is 2.00 bits per heavy atom. The van der Waals surface area contributed by atoms with Crippen molar-refractivity contribution in [1.82, 2.24) is 0 Å². The van der Waals surface area contributed by atoms with E-state index in [-0.39, 0.29) is 0 Å². The van der Waals surface area contributed by atoms with Gasteiger partial charge in [0.15, 0.2) is 5.85 Å². The predicted octanol–water partition coefficient (Wildman–Crippen LogP) is 3.00. The SMILES string of the molecule is COc1ccc([C@@H](O)[P@@](=O)(OC)c2ccc(N(C)C)cc2)cc1. The number of anilines is 1. The minimum absolute atomic E-state index is 0.480. The molecule has 2 rings (SSSR count). The van der Waals surface area contributed by atoms with Crippen LogP contribution in [0.3, 0.4) is 0 Å². The van der Waals surface area contributed by atoms with Crippen molar-refractivity contribution in [2.45, 2.75) is 5.85 Å². The van der Waals surface area contributed by atoms with Crippen molar-refractivity contribution in [2.24, 2.45) is 0 Å². The fraction of sp³-hybridized carbons (Fsp3) is 0.294. The van der Waals surface area contributed by atoms with Crippen molar-refractivity contribution in [3.8, 4) is 5.75 Å². The molecule has 0 unspecified atom stereocenters. The van der Waals surface area contributed by atoms with Gasteiger partial charge in [0.25, 0.3) is 7.37 Å². The van der Waals surface area contributed by atoms with Crippen LogP contribution in [-0.2, 0) is 9.09 Å². The lowest BCUT2D eigenvalue weighted by molar-refractivity contribution is 0.228. The van der Waals surface area contributed by atoms with E-state index in [2.05, 4.69) is 0 Å². The Bertz CT molecular complexity index is 683. The molecule has 2 atom stereocenters. The van der Waals surface area contributed by atoms with Crippen LogP contribution in [0.15, 0.2) is 48.5 Å². The second-order valence-electron chi connectivity index (χ2n) is 5.34. The summed E-state index contributed by atoms with van der Waals surface area (Å²) in [4.78, 5) is 1.95. The highest BCUT2D eigenvalue weighted by Crippen LogP contribution is 2.57. The molecule has 6 heteroatoms. The van der Waals surface area contributed by atoms with E-state index >= 15 is 0 Å². The molecule has 0 saturated carbocycles. The van der Waals surface area contributed by atoms with Gasteiger partial charge in [-0.2, -0.15) is 0 Å². The van der Waals surface area contributed by atoms with E-state index in [4.69, 9.17) is 9.26 Å². The van der Waals surface area contributed by atoms with Gasteiger partial charge < -0.3 is 19.3 Å². The lowest BCUT2D eigenvalue weighted by Gasteiger charge is -2.23. The minimum atomic E-state index is -3.44. The third-order valence-electron chi connectivity index (χ3n) is 3.73. The summed E-state index contributed by atoms with van der Waals surface area (Å²) in [6.07, 6.45) is 0. The first kappa shape index (κ1) is 17.5. The number of aliphatic hydroxyl groups excluding tert-OH is 1. The third kappa shape index (κ3) is 3.58. The van der Waals surface area contributed by atoms with Gasteiger partial charge in [-0.15, -0.1) is 0 Å². The van der Waals surface area contributed by atoms with Gasteiger partial charge in [0.2, 0.25) is 0 Å². The molecule has 0 aliphatic carbocycles. The molecule has 0 amide bonds. The predicted molar refractivity (Wildman–Crippen MR) is 93.0 cm³/mol. The molecule has 2 aromatic rings. The molecule has 0 saturated heterocycles. The van der Waals surface area contributed by atoms with Crippen LogP contribution in [-0.4, -0.2) is 33.4 Å². The molecule has 5 nitrogen and oxygen atoms in total. The first-order valence-corrected chi connectivity index (χ1v) is 8.87. The molecule has 23 heavy (non-hydrogen) atoms. The zero-order valence-corrected chi connectivity index (χ0v) is 14.7. The van der Waals surface area contributed by atoms with Crippen LogP contribution in [0.1, 0.15) is 11.4 Å². The van der Waals surface area contributed by atoms with Crippen LogP contribution >= 0.6 is 7.37 Å². The molecule has 0 bridgehead atoms. The van der Waals surface area contributed by atoms with E-state index in [1.54, 1.807) is 43.5 Å². The molecule has 0 fully saturated rings. The molecule has 0 aromatic heterocycles. The number of aliphatic hydroxyl groups is 1. The van der Waals surface area contributed by atoms with E-state index in [9.17, 15) is 9.67 Å². The quantitative estimate of drug-likeness (QED) is 0.823. The van der Waals surface area contributed by atoms with Gasteiger partial charge in [0.05, 0.1) is 7.11 Å². The van der Waals surface area contributed by atoms with Crippen LogP contribution in [0.2, 0.25) is 0 Å². The Morgan fingerprint density at radius 2 is 1.57 bits per heavy atom. The molecule has 0 spiro atoms. The van der Waals surface area contributed by atoms with Crippen LogP contribution in [0.5, 0.6) is 5.75 Å². The number of benzene rings is 2. The zero-order valence-electron chi connectivity index (χ0n) is 13.8. The first-order valence-electron chi connectivity index (χ1n) is 7.18. The highest BCUT2D eigenvalue weighted by atomic mass is 31.2. The summed E-state index contributed by atoms with van der Waals surface area (Å²) in [6, 6.07) is 14.0. The molecule has 1 N–H and O–H groups in total. The Labute approximate surface area is 136 Å². The summed E-state index contributed by atoms with van der Waals surface area (Å²) in [5.41, 5.74) is 1.50. The Hall–Kier alpha value is -1.81. The van der Waals surface area contributed by atoms with Gasteiger partial charge in [-0.05, 0) is 42.0 Å². The molecule has 0 aliphatic heterocycles. The van der Waals surface area contributed by atoms with Crippen LogP contribution < -0.4 is 14.9 Å². The second-order valence-corrected chi connectivity index (χ2v) is 7.90. The van der Waals surface area contributed by atoms with Crippen LogP contribution in [0.4, 0.5) is 5.69 Å². The molecule has 0 radical (unpaired) electrons. The number of ether oxygens (including phenoxy) is 1. The summed E-state index contributed by atoms with van der Waals surface area (Å²) >= 11 is 0. The average molecular weight is 335 g/mol. The smallest absolute Gasteiger partial charge is 0.263 e. The maximum absolute atomic E-state index is 13.2. The van der Waals surface area contributed by atoms with Gasteiger partial charge in [0.1, 0.15) is 5.75 Å². The number of methoxy groups -OCH3 is 1. The number of rotatable bonds is 6. The monoisotopic (exact) mass is 335 g/mol. The number of hydrogen-bond acceptors (Lipinski definition) is 5. The van der Waals surface area contributed by atoms with E-state index in [0.29, 0.717) is 16.6 Å². The average Bonchev–Trinajstić information content (AvgIpc) is 2.60. The topological polar surface area (TPSA) is 59.0 Å². The second kappa shape index (κ2) is 7.18. The standard InChI is InChI=1S/C17H22NO4P/c1-18(2)14-7-11-16(12-8-14)23(20,22-4)17(19)13-5-9-15(21-3)10-6-13/h5-12,17,19H,1-4H3/t17-,23-/m0/s1. The maximum atomic E-state index is 13.2. The van der Waals surface area contributed by atoms with Crippen molar-refractivity contribution >= 4 is 18.4 Å². The van der Waals surface area contributed by atoms with Crippen molar-refractivity contribution in [3.63, 3.8) is 0 Å². The first-order chi connectivity index (χ1) is 10.9. The molecule has 0 heterocycles. The van der Waals surface area contributed by atoms with Gasteiger partial charge in [0, 0.05) is 32.2 Å². The Kier molecular flexibility index (Phi) is 5.47. The fourth-order valence-corrected chi connectivity index (χ4v) is 4.10. The summed E-state index contributed by atoms with van der Waals surface area (Å²) in [6.45, 7) is 0. The highest BCUT2D eigenvalue weighted by molar-refractivity contribution is 7.67. The summed E-state index contributed by atoms with van der Waals surface area (Å²) in [5, 5.41) is 11.1. The molecular formula is C17H22NO4P.